The van der Waals surface area contributed by atoms with Crippen LogP contribution in [0.4, 0.5) is 0 Å². The number of fused-ring (bicyclic) bond motifs is 1. The molecule has 106 valence electrons. The molecule has 0 fully saturated rings. The highest BCUT2D eigenvalue weighted by atomic mass is 32.1. The van der Waals surface area contributed by atoms with Crippen LogP contribution in [0.15, 0.2) is 17.1 Å². The van der Waals surface area contributed by atoms with Crippen molar-refractivity contribution in [1.29, 1.82) is 0 Å². The average molecular weight is 292 g/mol. The summed E-state index contributed by atoms with van der Waals surface area (Å²) in [6.07, 6.45) is 1.83. The minimum atomic E-state index is -0.0523. The maximum atomic E-state index is 12.4. The zero-order valence-electron chi connectivity index (χ0n) is 11.4. The number of hydrogen-bond donors (Lipinski definition) is 0. The van der Waals surface area contributed by atoms with Crippen LogP contribution in [0.25, 0.3) is 0 Å². The van der Waals surface area contributed by atoms with Crippen LogP contribution in [0.5, 0.6) is 0 Å². The molecular formula is C13H16N4O2S. The standard InChI is InChI=1S/C13H16N4O2S/c1-9-12-14-5-10(6-19-2)17(12)4-3-16(9)13(18)11-7-20-8-15-11/h5,7-9H,3-4,6H2,1-2H3/t9-/m1/s1. The van der Waals surface area contributed by atoms with Crippen molar-refractivity contribution < 1.29 is 9.53 Å². The predicted molar refractivity (Wildman–Crippen MR) is 74.5 cm³/mol. The lowest BCUT2D eigenvalue weighted by Gasteiger charge is -2.34. The molecule has 0 spiro atoms. The van der Waals surface area contributed by atoms with Crippen molar-refractivity contribution in [3.05, 3.63) is 34.3 Å². The quantitative estimate of drug-likeness (QED) is 0.864. The van der Waals surface area contributed by atoms with E-state index in [-0.39, 0.29) is 11.9 Å². The summed E-state index contributed by atoms with van der Waals surface area (Å²) < 4.78 is 7.31. The van der Waals surface area contributed by atoms with Gasteiger partial charge in [-0.05, 0) is 6.92 Å². The van der Waals surface area contributed by atoms with Crippen LogP contribution in [-0.2, 0) is 17.9 Å². The van der Waals surface area contributed by atoms with E-state index in [2.05, 4.69) is 14.5 Å². The molecule has 6 nitrogen and oxygen atoms in total. The van der Waals surface area contributed by atoms with E-state index < -0.39 is 0 Å². The second-order valence-corrected chi connectivity index (χ2v) is 5.46. The minimum Gasteiger partial charge on any atom is -0.378 e. The third-order valence-electron chi connectivity index (χ3n) is 3.58. The number of nitrogens with zero attached hydrogens (tertiary/aromatic N) is 4. The summed E-state index contributed by atoms with van der Waals surface area (Å²) in [5, 5.41) is 1.78. The molecule has 0 bridgehead atoms. The molecule has 2 aromatic heterocycles. The van der Waals surface area contributed by atoms with Crippen LogP contribution < -0.4 is 0 Å². The Kier molecular flexibility index (Phi) is 3.54. The summed E-state index contributed by atoms with van der Waals surface area (Å²) in [5.74, 6) is 0.883. The largest absolute Gasteiger partial charge is 0.378 e. The summed E-state index contributed by atoms with van der Waals surface area (Å²) in [7, 11) is 1.67. The van der Waals surface area contributed by atoms with Crippen molar-refractivity contribution in [2.75, 3.05) is 13.7 Å². The number of ether oxygens (including phenoxy) is 1. The Morgan fingerprint density at radius 3 is 3.05 bits per heavy atom. The van der Waals surface area contributed by atoms with Crippen molar-refractivity contribution >= 4 is 17.2 Å². The molecule has 1 atom stereocenters. The van der Waals surface area contributed by atoms with Crippen LogP contribution in [0.1, 0.15) is 35.0 Å². The highest BCUT2D eigenvalue weighted by molar-refractivity contribution is 7.07. The van der Waals surface area contributed by atoms with Gasteiger partial charge in [0, 0.05) is 25.6 Å². The van der Waals surface area contributed by atoms with Gasteiger partial charge in [0.15, 0.2) is 0 Å². The molecule has 0 radical (unpaired) electrons. The number of aromatic nitrogens is 3. The minimum absolute atomic E-state index is 0.0266. The molecule has 0 aromatic carbocycles. The molecule has 1 aliphatic heterocycles. The molecule has 0 aliphatic carbocycles. The fourth-order valence-electron chi connectivity index (χ4n) is 2.57. The van der Waals surface area contributed by atoms with E-state index in [4.69, 9.17) is 4.74 Å². The van der Waals surface area contributed by atoms with Crippen molar-refractivity contribution in [2.45, 2.75) is 26.1 Å². The van der Waals surface area contributed by atoms with E-state index in [0.717, 1.165) is 18.1 Å². The van der Waals surface area contributed by atoms with Crippen LogP contribution in [0, 0.1) is 0 Å². The van der Waals surface area contributed by atoms with Crippen LogP contribution in [-0.4, -0.2) is 39.0 Å². The fourth-order valence-corrected chi connectivity index (χ4v) is 3.09. The van der Waals surface area contributed by atoms with Gasteiger partial charge in [0.1, 0.15) is 11.5 Å². The molecule has 7 heteroatoms. The number of rotatable bonds is 3. The monoisotopic (exact) mass is 292 g/mol. The summed E-state index contributed by atoms with van der Waals surface area (Å²) in [6.45, 7) is 3.95. The van der Waals surface area contributed by atoms with Gasteiger partial charge in [-0.3, -0.25) is 4.79 Å². The Bertz CT molecular complexity index is 608. The Balaban J connectivity index is 1.86. The van der Waals surface area contributed by atoms with E-state index in [1.807, 2.05) is 18.0 Å². The van der Waals surface area contributed by atoms with Crippen LogP contribution in [0.3, 0.4) is 0 Å². The van der Waals surface area contributed by atoms with Gasteiger partial charge in [-0.2, -0.15) is 0 Å². The molecule has 0 N–H and O–H groups in total. The van der Waals surface area contributed by atoms with Crippen molar-refractivity contribution in [1.82, 2.24) is 19.4 Å². The van der Waals surface area contributed by atoms with Crippen molar-refractivity contribution in [3.8, 4) is 0 Å². The van der Waals surface area contributed by atoms with Gasteiger partial charge >= 0.3 is 0 Å². The predicted octanol–water partition coefficient (Wildman–Crippen LogP) is 1.70. The number of amides is 1. The van der Waals surface area contributed by atoms with E-state index in [1.165, 1.54) is 11.3 Å². The summed E-state index contributed by atoms with van der Waals surface area (Å²) in [6, 6.07) is -0.0523. The van der Waals surface area contributed by atoms with Gasteiger partial charge in [0.25, 0.3) is 5.91 Å². The van der Waals surface area contributed by atoms with Gasteiger partial charge in [0.2, 0.25) is 0 Å². The third kappa shape index (κ3) is 2.12. The number of imidazole rings is 1. The molecule has 3 rings (SSSR count). The fraction of sp³-hybridized carbons (Fsp3) is 0.462. The topological polar surface area (TPSA) is 60.2 Å². The first-order chi connectivity index (χ1) is 9.72. The molecule has 0 saturated heterocycles. The molecule has 0 unspecified atom stereocenters. The maximum Gasteiger partial charge on any atom is 0.273 e. The third-order valence-corrected chi connectivity index (χ3v) is 4.17. The lowest BCUT2D eigenvalue weighted by atomic mass is 10.2. The van der Waals surface area contributed by atoms with Gasteiger partial charge in [-0.15, -0.1) is 11.3 Å². The van der Waals surface area contributed by atoms with E-state index in [0.29, 0.717) is 18.8 Å². The molecule has 20 heavy (non-hydrogen) atoms. The number of thiazole rings is 1. The molecule has 0 saturated carbocycles. The zero-order chi connectivity index (χ0) is 14.1. The second-order valence-electron chi connectivity index (χ2n) is 4.74. The smallest absolute Gasteiger partial charge is 0.273 e. The Morgan fingerprint density at radius 1 is 1.50 bits per heavy atom. The van der Waals surface area contributed by atoms with Crippen LogP contribution in [0.2, 0.25) is 0 Å². The van der Waals surface area contributed by atoms with Gasteiger partial charge in [0.05, 0.1) is 30.1 Å². The summed E-state index contributed by atoms with van der Waals surface area (Å²) >= 11 is 1.43. The van der Waals surface area contributed by atoms with Gasteiger partial charge < -0.3 is 14.2 Å². The Labute approximate surface area is 121 Å². The van der Waals surface area contributed by atoms with Crippen LogP contribution >= 0.6 is 11.3 Å². The number of hydrogen-bond acceptors (Lipinski definition) is 5. The highest BCUT2D eigenvalue weighted by Crippen LogP contribution is 2.27. The zero-order valence-corrected chi connectivity index (χ0v) is 12.3. The highest BCUT2D eigenvalue weighted by Gasteiger charge is 2.31. The van der Waals surface area contributed by atoms with Crippen molar-refractivity contribution in [3.63, 3.8) is 0 Å². The van der Waals surface area contributed by atoms with Gasteiger partial charge in [-0.25, -0.2) is 9.97 Å². The normalized spacial score (nSPS) is 18.1. The average Bonchev–Trinajstić information content (AvgIpc) is 3.09. The van der Waals surface area contributed by atoms with Gasteiger partial charge in [-0.1, -0.05) is 0 Å². The second kappa shape index (κ2) is 5.34. The Hall–Kier alpha value is -1.73. The van der Waals surface area contributed by atoms with E-state index in [1.54, 1.807) is 18.0 Å². The summed E-state index contributed by atoms with van der Waals surface area (Å²) in [5.41, 5.74) is 3.24. The Morgan fingerprint density at radius 2 is 2.35 bits per heavy atom. The molecular weight excluding hydrogens is 276 g/mol. The SMILES string of the molecule is COCc1cnc2n1CCN(C(=O)c1cscn1)[C@@H]2C. The lowest BCUT2D eigenvalue weighted by Crippen LogP contribution is -2.41. The van der Waals surface area contributed by atoms with E-state index >= 15 is 0 Å². The first-order valence-corrected chi connectivity index (χ1v) is 7.39. The first-order valence-electron chi connectivity index (χ1n) is 6.44. The van der Waals surface area contributed by atoms with E-state index in [9.17, 15) is 4.79 Å². The first kappa shape index (κ1) is 13.3. The number of carbonyl (C=O) groups excluding carboxylic acids is 1. The molecule has 1 aliphatic rings. The molecule has 2 aromatic rings. The number of carbonyl (C=O) groups is 1. The number of methoxy groups -OCH3 is 1. The lowest BCUT2D eigenvalue weighted by molar-refractivity contribution is 0.0627. The molecule has 1 amide bonds. The summed E-state index contributed by atoms with van der Waals surface area (Å²) in [4.78, 5) is 22.8. The van der Waals surface area contributed by atoms with Crippen molar-refractivity contribution in [2.24, 2.45) is 0 Å². The molecule has 3 heterocycles. The maximum absolute atomic E-state index is 12.4.